The van der Waals surface area contributed by atoms with Crippen molar-refractivity contribution in [1.82, 2.24) is 14.3 Å². The smallest absolute Gasteiger partial charge is 0.280 e. The number of rotatable bonds is 5. The molecule has 0 radical (unpaired) electrons. The summed E-state index contributed by atoms with van der Waals surface area (Å²) in [5.41, 5.74) is -0.251. The maximum Gasteiger partial charge on any atom is 0.280 e. The van der Waals surface area contributed by atoms with Gasteiger partial charge in [0.05, 0.1) is 0 Å². The van der Waals surface area contributed by atoms with Gasteiger partial charge in [-0.3, -0.25) is 0 Å². The van der Waals surface area contributed by atoms with E-state index in [0.29, 0.717) is 6.54 Å². The molecule has 0 aromatic heterocycles. The second-order valence-corrected chi connectivity index (χ2v) is 8.17. The largest absolute Gasteiger partial charge is 0.318 e. The van der Waals surface area contributed by atoms with E-state index in [1.165, 1.54) is 6.42 Å². The van der Waals surface area contributed by atoms with Crippen molar-refractivity contribution >= 4 is 10.2 Å². The first kappa shape index (κ1) is 16.2. The summed E-state index contributed by atoms with van der Waals surface area (Å²) in [4.78, 5) is 0. The van der Waals surface area contributed by atoms with Crippen LogP contribution in [0.5, 0.6) is 0 Å². The van der Waals surface area contributed by atoms with E-state index in [4.69, 9.17) is 0 Å². The van der Waals surface area contributed by atoms with Crippen molar-refractivity contribution in [3.63, 3.8) is 0 Å². The Morgan fingerprint density at radius 1 is 1.15 bits per heavy atom. The SMILES string of the molecule is CNCC1CCCCN1S(=O)(=O)NC1(C)CCCCC1. The lowest BCUT2D eigenvalue weighted by atomic mass is 9.84. The van der Waals surface area contributed by atoms with Gasteiger partial charge in [0.15, 0.2) is 0 Å². The molecule has 1 aliphatic carbocycles. The van der Waals surface area contributed by atoms with Gasteiger partial charge in [-0.25, -0.2) is 0 Å². The van der Waals surface area contributed by atoms with Crippen LogP contribution in [-0.4, -0.2) is 44.4 Å². The number of piperidine rings is 1. The van der Waals surface area contributed by atoms with Gasteiger partial charge in [-0.05, 0) is 39.7 Å². The second kappa shape index (κ2) is 6.73. The van der Waals surface area contributed by atoms with Gasteiger partial charge < -0.3 is 5.32 Å². The van der Waals surface area contributed by atoms with E-state index < -0.39 is 10.2 Å². The average Bonchev–Trinajstić information content (AvgIpc) is 2.39. The Labute approximate surface area is 123 Å². The van der Waals surface area contributed by atoms with Crippen LogP contribution >= 0.6 is 0 Å². The molecule has 0 aromatic carbocycles. The third-order valence-electron chi connectivity index (χ3n) is 4.65. The Morgan fingerprint density at radius 2 is 1.85 bits per heavy atom. The molecule has 1 saturated heterocycles. The van der Waals surface area contributed by atoms with Gasteiger partial charge in [-0.15, -0.1) is 0 Å². The molecular formula is C14H29N3O2S. The third kappa shape index (κ3) is 3.93. The lowest BCUT2D eigenvalue weighted by Gasteiger charge is -2.40. The molecule has 1 atom stereocenters. The molecule has 2 rings (SSSR count). The zero-order chi connectivity index (χ0) is 14.6. The number of nitrogens with zero attached hydrogens (tertiary/aromatic N) is 1. The number of nitrogens with one attached hydrogen (secondary N) is 2. The molecule has 2 fully saturated rings. The maximum atomic E-state index is 12.7. The summed E-state index contributed by atoms with van der Waals surface area (Å²) in [5.74, 6) is 0. The molecule has 6 heteroatoms. The normalized spacial score (nSPS) is 28.4. The Bertz CT molecular complexity index is 403. The summed E-state index contributed by atoms with van der Waals surface area (Å²) in [5, 5.41) is 3.12. The van der Waals surface area contributed by atoms with Crippen LogP contribution in [0, 0.1) is 0 Å². The first-order chi connectivity index (χ1) is 9.47. The van der Waals surface area contributed by atoms with Crippen molar-refractivity contribution in [2.45, 2.75) is 69.9 Å². The molecule has 1 saturated carbocycles. The van der Waals surface area contributed by atoms with E-state index >= 15 is 0 Å². The van der Waals surface area contributed by atoms with Crippen molar-refractivity contribution in [1.29, 1.82) is 0 Å². The minimum Gasteiger partial charge on any atom is -0.318 e. The van der Waals surface area contributed by atoms with Gasteiger partial charge in [0.1, 0.15) is 0 Å². The Morgan fingerprint density at radius 3 is 2.50 bits per heavy atom. The van der Waals surface area contributed by atoms with Gasteiger partial charge in [0.2, 0.25) is 0 Å². The molecule has 0 aromatic rings. The van der Waals surface area contributed by atoms with Crippen LogP contribution in [0.15, 0.2) is 0 Å². The zero-order valence-corrected chi connectivity index (χ0v) is 13.6. The highest BCUT2D eigenvalue weighted by molar-refractivity contribution is 7.87. The molecule has 1 aliphatic heterocycles. The highest BCUT2D eigenvalue weighted by Crippen LogP contribution is 2.29. The Balaban J connectivity index is 2.07. The minimum atomic E-state index is -3.37. The van der Waals surface area contributed by atoms with Crippen molar-refractivity contribution in [3.8, 4) is 0 Å². The number of hydrogen-bond donors (Lipinski definition) is 2. The summed E-state index contributed by atoms with van der Waals surface area (Å²) in [6.45, 7) is 3.44. The fraction of sp³-hybridized carbons (Fsp3) is 1.00. The van der Waals surface area contributed by atoms with Crippen molar-refractivity contribution in [3.05, 3.63) is 0 Å². The quantitative estimate of drug-likeness (QED) is 0.811. The maximum absolute atomic E-state index is 12.7. The Hall–Kier alpha value is -0.170. The van der Waals surface area contributed by atoms with Gasteiger partial charge in [0, 0.05) is 24.7 Å². The van der Waals surface area contributed by atoms with E-state index in [9.17, 15) is 8.42 Å². The monoisotopic (exact) mass is 303 g/mol. The van der Waals surface area contributed by atoms with Gasteiger partial charge in [0.25, 0.3) is 10.2 Å². The number of likely N-dealkylation sites (N-methyl/N-ethyl adjacent to an activating group) is 1. The summed E-state index contributed by atoms with van der Waals surface area (Å²) in [7, 11) is -1.49. The topological polar surface area (TPSA) is 61.4 Å². The second-order valence-electron chi connectivity index (χ2n) is 6.55. The van der Waals surface area contributed by atoms with E-state index in [-0.39, 0.29) is 11.6 Å². The van der Waals surface area contributed by atoms with E-state index in [1.54, 1.807) is 4.31 Å². The molecule has 0 spiro atoms. The minimum absolute atomic E-state index is 0.0958. The van der Waals surface area contributed by atoms with Gasteiger partial charge in [-0.2, -0.15) is 17.4 Å². The lowest BCUT2D eigenvalue weighted by Crippen LogP contribution is -2.57. The van der Waals surface area contributed by atoms with Crippen LogP contribution < -0.4 is 10.0 Å². The summed E-state index contributed by atoms with van der Waals surface area (Å²) in [6, 6.07) is 0.0958. The van der Waals surface area contributed by atoms with Crippen molar-refractivity contribution in [2.75, 3.05) is 20.1 Å². The van der Waals surface area contributed by atoms with E-state index in [0.717, 1.165) is 51.5 Å². The fourth-order valence-electron chi connectivity index (χ4n) is 3.53. The highest BCUT2D eigenvalue weighted by atomic mass is 32.2. The highest BCUT2D eigenvalue weighted by Gasteiger charge is 2.37. The summed E-state index contributed by atoms with van der Waals surface area (Å²) in [6.07, 6.45) is 8.43. The predicted octanol–water partition coefficient (Wildman–Crippen LogP) is 1.62. The van der Waals surface area contributed by atoms with Crippen molar-refractivity contribution < 1.29 is 8.42 Å². The van der Waals surface area contributed by atoms with Crippen LogP contribution in [0.3, 0.4) is 0 Å². The molecule has 0 bridgehead atoms. The van der Waals surface area contributed by atoms with E-state index in [2.05, 4.69) is 17.0 Å². The standard InChI is InChI=1S/C14H29N3O2S/c1-14(9-5-3-6-10-14)16-20(18,19)17-11-7-4-8-13(17)12-15-2/h13,15-16H,3-12H2,1-2H3. The number of hydrogen-bond acceptors (Lipinski definition) is 3. The van der Waals surface area contributed by atoms with Crippen LogP contribution in [0.1, 0.15) is 58.3 Å². The average molecular weight is 303 g/mol. The van der Waals surface area contributed by atoms with Crippen LogP contribution in [-0.2, 0) is 10.2 Å². The van der Waals surface area contributed by atoms with Crippen LogP contribution in [0.4, 0.5) is 0 Å². The van der Waals surface area contributed by atoms with Crippen LogP contribution in [0.25, 0.3) is 0 Å². The Kier molecular flexibility index (Phi) is 5.45. The molecular weight excluding hydrogens is 274 g/mol. The molecule has 1 unspecified atom stereocenters. The third-order valence-corrected chi connectivity index (χ3v) is 6.50. The molecule has 2 N–H and O–H groups in total. The molecule has 20 heavy (non-hydrogen) atoms. The molecule has 0 amide bonds. The van der Waals surface area contributed by atoms with Gasteiger partial charge >= 0.3 is 0 Å². The molecule has 118 valence electrons. The first-order valence-electron chi connectivity index (χ1n) is 7.92. The van der Waals surface area contributed by atoms with Crippen LogP contribution in [0.2, 0.25) is 0 Å². The lowest BCUT2D eigenvalue weighted by molar-refractivity contribution is 0.231. The van der Waals surface area contributed by atoms with Gasteiger partial charge in [-0.1, -0.05) is 25.7 Å². The predicted molar refractivity (Wildman–Crippen MR) is 81.8 cm³/mol. The fourth-order valence-corrected chi connectivity index (χ4v) is 5.42. The molecule has 2 aliphatic rings. The molecule has 1 heterocycles. The van der Waals surface area contributed by atoms with E-state index in [1.807, 2.05) is 7.05 Å². The molecule has 5 nitrogen and oxygen atoms in total. The van der Waals surface area contributed by atoms with Crippen molar-refractivity contribution in [2.24, 2.45) is 0 Å². The first-order valence-corrected chi connectivity index (χ1v) is 9.36. The summed E-state index contributed by atoms with van der Waals surface area (Å²) >= 11 is 0. The summed E-state index contributed by atoms with van der Waals surface area (Å²) < 4.78 is 30.2. The zero-order valence-electron chi connectivity index (χ0n) is 12.8.